The van der Waals surface area contributed by atoms with Crippen molar-refractivity contribution in [3.8, 4) is 39.4 Å². The molecule has 4 aromatic carbocycles. The van der Waals surface area contributed by atoms with Crippen molar-refractivity contribution in [3.05, 3.63) is 144 Å². The number of para-hydroxylation sites is 1. The summed E-state index contributed by atoms with van der Waals surface area (Å²) in [6.45, 7) is 10.7. The van der Waals surface area contributed by atoms with Crippen LogP contribution in [0.3, 0.4) is 0 Å². The van der Waals surface area contributed by atoms with Crippen LogP contribution >= 0.6 is 0 Å². The molecule has 0 aliphatic carbocycles. The third-order valence-electron chi connectivity index (χ3n) is 8.02. The van der Waals surface area contributed by atoms with Gasteiger partial charge in [-0.1, -0.05) is 86.5 Å². The van der Waals surface area contributed by atoms with Gasteiger partial charge in [-0.05, 0) is 89.7 Å². The number of aryl methyl sites for hydroxylation is 2. The van der Waals surface area contributed by atoms with Gasteiger partial charge in [-0.15, -0.1) is 23.8 Å². The SMILES string of the molecule is Cc1cccc(C)c1-c1cc(-c2cccc(F)c2O)[c-]c(N(c2ccc(C(C)(C)C)cc2)c2cccc(-c3ccccn3)n2)c1.[Pt]. The zero-order valence-electron chi connectivity index (χ0n) is 26.5. The molecule has 1 N–H and O–H groups in total. The molecule has 4 nitrogen and oxygen atoms in total. The Bertz CT molecular complexity index is 1970. The first-order valence-corrected chi connectivity index (χ1v) is 15.0. The second kappa shape index (κ2) is 13.4. The van der Waals surface area contributed by atoms with Crippen molar-refractivity contribution < 1.29 is 30.6 Å². The number of aromatic nitrogens is 2. The summed E-state index contributed by atoms with van der Waals surface area (Å²) in [5, 5.41) is 10.8. The Labute approximate surface area is 284 Å². The number of benzene rings is 4. The van der Waals surface area contributed by atoms with Crippen molar-refractivity contribution in [2.75, 3.05) is 4.90 Å². The summed E-state index contributed by atoms with van der Waals surface area (Å²) in [5.41, 5.74) is 9.42. The van der Waals surface area contributed by atoms with E-state index in [1.807, 2.05) is 48.5 Å². The fourth-order valence-electron chi connectivity index (χ4n) is 5.68. The Morgan fingerprint density at radius 3 is 2.11 bits per heavy atom. The second-order valence-corrected chi connectivity index (χ2v) is 12.3. The van der Waals surface area contributed by atoms with Gasteiger partial charge in [0.1, 0.15) is 11.6 Å². The van der Waals surface area contributed by atoms with Crippen LogP contribution in [0.2, 0.25) is 0 Å². The Hall–Kier alpha value is -4.60. The van der Waals surface area contributed by atoms with Gasteiger partial charge in [-0.3, -0.25) is 4.98 Å². The molecule has 0 atom stereocenters. The smallest absolute Gasteiger partial charge is 0.155 e. The molecule has 0 saturated heterocycles. The van der Waals surface area contributed by atoms with E-state index in [2.05, 4.69) is 93.0 Å². The maximum Gasteiger partial charge on any atom is 0.155 e. The molecule has 0 bridgehead atoms. The van der Waals surface area contributed by atoms with Gasteiger partial charge in [-0.25, -0.2) is 9.37 Å². The van der Waals surface area contributed by atoms with E-state index >= 15 is 0 Å². The number of halogens is 1. The zero-order valence-corrected chi connectivity index (χ0v) is 28.7. The molecule has 0 unspecified atom stereocenters. The first-order valence-electron chi connectivity index (χ1n) is 15.0. The van der Waals surface area contributed by atoms with Crippen LogP contribution in [0.5, 0.6) is 5.75 Å². The normalized spacial score (nSPS) is 11.2. The maximum absolute atomic E-state index is 14.7. The van der Waals surface area contributed by atoms with Crippen molar-refractivity contribution >= 4 is 17.2 Å². The molecule has 0 fully saturated rings. The molecule has 2 aromatic heterocycles. The number of hydrogen-bond donors (Lipinski definition) is 1. The molecule has 0 aliphatic heterocycles. The molecule has 6 heteroatoms. The number of nitrogens with zero attached hydrogens (tertiary/aromatic N) is 3. The molecule has 6 rings (SSSR count). The van der Waals surface area contributed by atoms with E-state index in [1.54, 1.807) is 18.3 Å². The summed E-state index contributed by atoms with van der Waals surface area (Å²) in [5.74, 6) is -0.417. The van der Waals surface area contributed by atoms with E-state index in [0.717, 1.165) is 39.3 Å². The summed E-state index contributed by atoms with van der Waals surface area (Å²) >= 11 is 0. The Morgan fingerprint density at radius 2 is 1.43 bits per heavy atom. The number of aromatic hydroxyl groups is 1. The largest absolute Gasteiger partial charge is 0.514 e. The van der Waals surface area contributed by atoms with Crippen molar-refractivity contribution in [2.24, 2.45) is 0 Å². The van der Waals surface area contributed by atoms with Crippen LogP contribution in [0.15, 0.2) is 115 Å². The number of pyridine rings is 2. The molecule has 0 aliphatic rings. The van der Waals surface area contributed by atoms with Crippen molar-refractivity contribution in [3.63, 3.8) is 0 Å². The molecule has 0 radical (unpaired) electrons. The monoisotopic (exact) mass is 787 g/mol. The summed E-state index contributed by atoms with van der Waals surface area (Å²) < 4.78 is 14.7. The van der Waals surface area contributed by atoms with Crippen LogP contribution in [0.1, 0.15) is 37.5 Å². The number of rotatable bonds is 6. The number of phenolic OH excluding ortho intramolecular Hbond substituents is 1. The van der Waals surface area contributed by atoms with Gasteiger partial charge in [0, 0.05) is 32.9 Å². The molecule has 234 valence electrons. The van der Waals surface area contributed by atoms with Crippen LogP contribution in [0.25, 0.3) is 33.6 Å². The Balaban J connectivity index is 0.00000417. The molecule has 0 spiro atoms. The van der Waals surface area contributed by atoms with Gasteiger partial charge in [0.05, 0.1) is 11.4 Å². The van der Waals surface area contributed by atoms with E-state index in [9.17, 15) is 9.50 Å². The van der Waals surface area contributed by atoms with E-state index in [1.165, 1.54) is 11.6 Å². The van der Waals surface area contributed by atoms with Crippen LogP contribution < -0.4 is 4.90 Å². The van der Waals surface area contributed by atoms with E-state index in [4.69, 9.17) is 4.98 Å². The minimum Gasteiger partial charge on any atom is -0.514 e. The fraction of sp³-hybridized carbons (Fsp3) is 0.150. The minimum absolute atomic E-state index is 0. The number of hydrogen-bond acceptors (Lipinski definition) is 4. The summed E-state index contributed by atoms with van der Waals surface area (Å²) in [4.78, 5) is 11.7. The number of anilines is 3. The van der Waals surface area contributed by atoms with Crippen LogP contribution in [-0.4, -0.2) is 15.1 Å². The van der Waals surface area contributed by atoms with Crippen molar-refractivity contribution in [1.29, 1.82) is 0 Å². The van der Waals surface area contributed by atoms with Gasteiger partial charge in [0.15, 0.2) is 5.82 Å². The third-order valence-corrected chi connectivity index (χ3v) is 8.02. The Morgan fingerprint density at radius 1 is 0.761 bits per heavy atom. The van der Waals surface area contributed by atoms with Gasteiger partial charge >= 0.3 is 0 Å². The summed E-state index contributed by atoms with van der Waals surface area (Å²) in [7, 11) is 0. The van der Waals surface area contributed by atoms with E-state index < -0.39 is 11.6 Å². The van der Waals surface area contributed by atoms with Crippen LogP contribution in [-0.2, 0) is 26.5 Å². The van der Waals surface area contributed by atoms with Crippen molar-refractivity contribution in [2.45, 2.75) is 40.0 Å². The third kappa shape index (κ3) is 6.66. The fourth-order valence-corrected chi connectivity index (χ4v) is 5.68. The average molecular weight is 788 g/mol. The van der Waals surface area contributed by atoms with Crippen LogP contribution in [0, 0.1) is 25.7 Å². The minimum atomic E-state index is -0.681. The molecular weight excluding hydrogens is 753 g/mol. The van der Waals surface area contributed by atoms with Crippen LogP contribution in [0.4, 0.5) is 21.6 Å². The second-order valence-electron chi connectivity index (χ2n) is 12.3. The molecule has 0 saturated carbocycles. The van der Waals surface area contributed by atoms with Gasteiger partial charge in [-0.2, -0.15) is 0 Å². The van der Waals surface area contributed by atoms with Crippen molar-refractivity contribution in [1.82, 2.24) is 9.97 Å². The predicted octanol–water partition coefficient (Wildman–Crippen LogP) is 10.5. The van der Waals surface area contributed by atoms with Gasteiger partial charge in [0.2, 0.25) is 0 Å². The topological polar surface area (TPSA) is 49.2 Å². The van der Waals surface area contributed by atoms with Gasteiger partial charge in [0.25, 0.3) is 0 Å². The zero-order chi connectivity index (χ0) is 31.7. The standard InChI is InChI=1S/C40H35FN3O.Pt/c1-26-11-8-12-27(2)38(26)29-23-28(33-13-9-14-34(41)39(33)45)24-32(25-29)44(31-20-18-30(19-21-31)40(3,4)5)37-17-10-16-36(43-37)35-15-6-7-22-42-35;/h6-23,25,45H,1-5H3;/q-1;. The maximum atomic E-state index is 14.7. The quantitative estimate of drug-likeness (QED) is 0.171. The van der Waals surface area contributed by atoms with Gasteiger partial charge < -0.3 is 10.0 Å². The predicted molar refractivity (Wildman–Crippen MR) is 182 cm³/mol. The van der Waals surface area contributed by atoms with E-state index in [-0.39, 0.29) is 26.5 Å². The first kappa shape index (κ1) is 32.8. The number of phenols is 1. The Kier molecular flexibility index (Phi) is 9.55. The summed E-state index contributed by atoms with van der Waals surface area (Å²) in [6, 6.07) is 38.4. The molecule has 0 amide bonds. The molecule has 6 aromatic rings. The average Bonchev–Trinajstić information content (AvgIpc) is 3.03. The molecule has 46 heavy (non-hydrogen) atoms. The molecular formula is C40H35FN3OPt-. The molecule has 2 heterocycles. The first-order chi connectivity index (χ1) is 21.6. The summed E-state index contributed by atoms with van der Waals surface area (Å²) in [6.07, 6.45) is 1.76. The van der Waals surface area contributed by atoms with E-state index in [0.29, 0.717) is 22.6 Å².